The molecular formula is C12H14N2O2. The molecule has 1 aromatic carbocycles. The average molecular weight is 218 g/mol. The van der Waals surface area contributed by atoms with E-state index >= 15 is 0 Å². The predicted molar refractivity (Wildman–Crippen MR) is 63.5 cm³/mol. The van der Waals surface area contributed by atoms with Crippen LogP contribution in [0, 0.1) is 10.1 Å². The normalized spacial score (nSPS) is 10.8. The van der Waals surface area contributed by atoms with Crippen molar-refractivity contribution in [3.05, 3.63) is 40.4 Å². The highest BCUT2D eigenvalue weighted by molar-refractivity contribution is 5.83. The lowest BCUT2D eigenvalue weighted by atomic mass is 10.2. The Bertz CT molecular complexity index is 517. The minimum atomic E-state index is -0.310. The van der Waals surface area contributed by atoms with E-state index in [9.17, 15) is 10.1 Å². The standard InChI is InChI=1S/C12H14N2O2/c1-2-3-8-13-11-7-5-4-6-10(11)9-12(13)14(15)16/h4-7,9H,2-3,8H2,1H3. The van der Waals surface area contributed by atoms with Crippen LogP contribution >= 0.6 is 0 Å². The molecule has 0 radical (unpaired) electrons. The van der Waals surface area contributed by atoms with Gasteiger partial charge in [0.15, 0.2) is 0 Å². The maximum atomic E-state index is 10.9. The first-order valence-corrected chi connectivity index (χ1v) is 5.46. The molecule has 0 saturated heterocycles. The van der Waals surface area contributed by atoms with Gasteiger partial charge in [-0.05, 0) is 17.4 Å². The van der Waals surface area contributed by atoms with Crippen LogP contribution in [0.3, 0.4) is 0 Å². The predicted octanol–water partition coefficient (Wildman–Crippen LogP) is 3.35. The second-order valence-electron chi connectivity index (χ2n) is 3.82. The quantitative estimate of drug-likeness (QED) is 0.583. The van der Waals surface area contributed by atoms with Crippen molar-refractivity contribution in [2.75, 3.05) is 0 Å². The molecule has 0 fully saturated rings. The summed E-state index contributed by atoms with van der Waals surface area (Å²) in [5.41, 5.74) is 0.947. The van der Waals surface area contributed by atoms with Gasteiger partial charge in [-0.1, -0.05) is 31.5 Å². The van der Waals surface area contributed by atoms with Gasteiger partial charge in [-0.15, -0.1) is 0 Å². The van der Waals surface area contributed by atoms with Crippen molar-refractivity contribution in [1.29, 1.82) is 0 Å². The summed E-state index contributed by atoms with van der Waals surface area (Å²) in [7, 11) is 0. The van der Waals surface area contributed by atoms with Crippen molar-refractivity contribution in [2.24, 2.45) is 0 Å². The van der Waals surface area contributed by atoms with E-state index in [1.54, 1.807) is 10.6 Å². The molecule has 4 nitrogen and oxygen atoms in total. The van der Waals surface area contributed by atoms with Crippen LogP contribution in [0.15, 0.2) is 30.3 Å². The monoisotopic (exact) mass is 218 g/mol. The third-order valence-electron chi connectivity index (χ3n) is 2.71. The smallest absolute Gasteiger partial charge is 0.324 e. The largest absolute Gasteiger partial charge is 0.358 e. The zero-order valence-electron chi connectivity index (χ0n) is 9.22. The maximum Gasteiger partial charge on any atom is 0.324 e. The molecule has 1 aromatic heterocycles. The lowest BCUT2D eigenvalue weighted by molar-refractivity contribution is -0.391. The van der Waals surface area contributed by atoms with E-state index in [4.69, 9.17) is 0 Å². The second kappa shape index (κ2) is 4.35. The fourth-order valence-electron chi connectivity index (χ4n) is 1.90. The van der Waals surface area contributed by atoms with Crippen molar-refractivity contribution in [3.8, 4) is 0 Å². The molecule has 0 saturated carbocycles. The van der Waals surface area contributed by atoms with Gasteiger partial charge in [0.2, 0.25) is 0 Å². The van der Waals surface area contributed by atoms with Crippen LogP contribution in [0.4, 0.5) is 5.82 Å². The fourth-order valence-corrected chi connectivity index (χ4v) is 1.90. The molecule has 0 bridgehead atoms. The highest BCUT2D eigenvalue weighted by Crippen LogP contribution is 2.25. The molecule has 0 aliphatic carbocycles. The maximum absolute atomic E-state index is 10.9. The molecule has 0 atom stereocenters. The van der Waals surface area contributed by atoms with Gasteiger partial charge in [0.05, 0.1) is 6.54 Å². The van der Waals surface area contributed by atoms with Gasteiger partial charge in [0, 0.05) is 11.5 Å². The molecule has 0 aliphatic heterocycles. The molecule has 1 heterocycles. The Morgan fingerprint density at radius 2 is 2.12 bits per heavy atom. The van der Waals surface area contributed by atoms with E-state index in [0.29, 0.717) is 6.54 Å². The van der Waals surface area contributed by atoms with Gasteiger partial charge in [-0.25, -0.2) is 4.57 Å². The number of aryl methyl sites for hydroxylation is 1. The number of aromatic nitrogens is 1. The Labute approximate surface area is 93.6 Å². The highest BCUT2D eigenvalue weighted by Gasteiger charge is 2.17. The molecule has 0 aliphatic rings. The van der Waals surface area contributed by atoms with Crippen molar-refractivity contribution in [3.63, 3.8) is 0 Å². The Hall–Kier alpha value is -1.84. The molecule has 2 aromatic rings. The van der Waals surface area contributed by atoms with Crippen LogP contribution in [0.2, 0.25) is 0 Å². The van der Waals surface area contributed by atoms with E-state index in [1.807, 2.05) is 24.3 Å². The third kappa shape index (κ3) is 1.78. The SMILES string of the molecule is CCCCn1c([N+](=O)[O-])cc2ccccc21. The first-order valence-electron chi connectivity index (χ1n) is 5.46. The molecule has 4 heteroatoms. The minimum Gasteiger partial charge on any atom is -0.358 e. The molecule has 84 valence electrons. The Morgan fingerprint density at radius 3 is 2.81 bits per heavy atom. The summed E-state index contributed by atoms with van der Waals surface area (Å²) in [4.78, 5) is 10.6. The number of hydrogen-bond donors (Lipinski definition) is 0. The Balaban J connectivity index is 2.55. The number of para-hydroxylation sites is 1. The van der Waals surface area contributed by atoms with Crippen LogP contribution in [-0.4, -0.2) is 9.49 Å². The van der Waals surface area contributed by atoms with E-state index in [2.05, 4.69) is 6.92 Å². The summed E-state index contributed by atoms with van der Waals surface area (Å²) in [5.74, 6) is 0.189. The molecule has 16 heavy (non-hydrogen) atoms. The number of fused-ring (bicyclic) bond motifs is 1. The first kappa shape index (κ1) is 10.7. The number of rotatable bonds is 4. The van der Waals surface area contributed by atoms with Crippen LogP contribution in [0.25, 0.3) is 10.9 Å². The summed E-state index contributed by atoms with van der Waals surface area (Å²) in [6.07, 6.45) is 1.99. The second-order valence-corrected chi connectivity index (χ2v) is 3.82. The average Bonchev–Trinajstić information content (AvgIpc) is 2.65. The summed E-state index contributed by atoms with van der Waals surface area (Å²) in [6, 6.07) is 9.29. The van der Waals surface area contributed by atoms with Gasteiger partial charge in [-0.3, -0.25) is 0 Å². The van der Waals surface area contributed by atoms with Gasteiger partial charge in [0.25, 0.3) is 0 Å². The molecule has 2 rings (SSSR count). The van der Waals surface area contributed by atoms with Gasteiger partial charge in [0.1, 0.15) is 5.52 Å². The van der Waals surface area contributed by atoms with Crippen LogP contribution in [0.1, 0.15) is 19.8 Å². The summed E-state index contributed by atoms with van der Waals surface area (Å²) in [6.45, 7) is 2.79. The third-order valence-corrected chi connectivity index (χ3v) is 2.71. The summed E-state index contributed by atoms with van der Waals surface area (Å²) >= 11 is 0. The van der Waals surface area contributed by atoms with Gasteiger partial charge in [-0.2, -0.15) is 0 Å². The molecule has 0 amide bonds. The number of benzene rings is 1. The van der Waals surface area contributed by atoms with E-state index in [-0.39, 0.29) is 10.7 Å². The van der Waals surface area contributed by atoms with Crippen LogP contribution in [0.5, 0.6) is 0 Å². The van der Waals surface area contributed by atoms with Crippen molar-refractivity contribution in [1.82, 2.24) is 4.57 Å². The van der Waals surface area contributed by atoms with Crippen molar-refractivity contribution >= 4 is 16.7 Å². The molecular weight excluding hydrogens is 204 g/mol. The molecule has 0 N–H and O–H groups in total. The Morgan fingerprint density at radius 1 is 1.38 bits per heavy atom. The van der Waals surface area contributed by atoms with Crippen molar-refractivity contribution < 1.29 is 4.92 Å². The van der Waals surface area contributed by atoms with E-state index in [0.717, 1.165) is 23.7 Å². The summed E-state index contributed by atoms with van der Waals surface area (Å²) in [5, 5.41) is 11.9. The lowest BCUT2D eigenvalue weighted by Gasteiger charge is -2.01. The van der Waals surface area contributed by atoms with Gasteiger partial charge < -0.3 is 10.1 Å². The number of nitrogens with zero attached hydrogens (tertiary/aromatic N) is 2. The highest BCUT2D eigenvalue weighted by atomic mass is 16.6. The zero-order chi connectivity index (χ0) is 11.5. The zero-order valence-corrected chi connectivity index (χ0v) is 9.22. The first-order chi connectivity index (χ1) is 7.74. The van der Waals surface area contributed by atoms with Crippen LogP contribution in [-0.2, 0) is 6.54 Å². The molecule has 0 unspecified atom stereocenters. The Kier molecular flexibility index (Phi) is 2.90. The van der Waals surface area contributed by atoms with E-state index in [1.165, 1.54) is 0 Å². The summed E-state index contributed by atoms with van der Waals surface area (Å²) < 4.78 is 1.79. The topological polar surface area (TPSA) is 48.1 Å². The van der Waals surface area contributed by atoms with E-state index < -0.39 is 0 Å². The fraction of sp³-hybridized carbons (Fsp3) is 0.333. The minimum absolute atomic E-state index is 0.189. The number of hydrogen-bond acceptors (Lipinski definition) is 2. The van der Waals surface area contributed by atoms with Crippen LogP contribution < -0.4 is 0 Å². The molecule has 0 spiro atoms. The van der Waals surface area contributed by atoms with Gasteiger partial charge >= 0.3 is 5.82 Å². The number of nitro groups is 1. The lowest BCUT2D eigenvalue weighted by Crippen LogP contribution is -2.02. The van der Waals surface area contributed by atoms with Crippen molar-refractivity contribution in [2.45, 2.75) is 26.3 Å². The number of unbranched alkanes of at least 4 members (excludes halogenated alkanes) is 1.